The first-order valence-electron chi connectivity index (χ1n) is 9.40. The molecule has 0 fully saturated rings. The molecule has 0 aromatic heterocycles. The summed E-state index contributed by atoms with van der Waals surface area (Å²) in [5, 5.41) is 8.81. The summed E-state index contributed by atoms with van der Waals surface area (Å²) in [5.41, 5.74) is 6.53. The predicted octanol–water partition coefficient (Wildman–Crippen LogP) is 4.29. The van der Waals surface area contributed by atoms with E-state index < -0.39 is 11.8 Å². The highest BCUT2D eigenvalue weighted by Crippen LogP contribution is 2.14. The molecule has 0 radical (unpaired) electrons. The summed E-state index contributed by atoms with van der Waals surface area (Å²) in [6.07, 6.45) is 2.91. The van der Waals surface area contributed by atoms with Gasteiger partial charge in [-0.25, -0.2) is 10.9 Å². The van der Waals surface area contributed by atoms with Crippen molar-refractivity contribution in [3.8, 4) is 5.75 Å². The van der Waals surface area contributed by atoms with E-state index in [0.717, 1.165) is 0 Å². The van der Waals surface area contributed by atoms with Gasteiger partial charge in [-0.15, -0.1) is 0 Å². The Labute approximate surface area is 194 Å². The van der Waals surface area contributed by atoms with Crippen molar-refractivity contribution >= 4 is 47.4 Å². The van der Waals surface area contributed by atoms with Gasteiger partial charge in [-0.1, -0.05) is 59.6 Å². The maximum atomic E-state index is 12.2. The van der Waals surface area contributed by atoms with Gasteiger partial charge in [0.05, 0.1) is 12.4 Å². The van der Waals surface area contributed by atoms with Crippen molar-refractivity contribution in [2.45, 2.75) is 0 Å². The molecule has 0 spiro atoms. The Morgan fingerprint density at radius 1 is 0.781 bits per heavy atom. The van der Waals surface area contributed by atoms with Crippen LogP contribution in [0.4, 0.5) is 0 Å². The van der Waals surface area contributed by atoms with Gasteiger partial charge in [0.15, 0.2) is 6.61 Å². The molecule has 7 nitrogen and oxygen atoms in total. The Kier molecular flexibility index (Phi) is 8.36. The topological polar surface area (TPSA) is 92.2 Å². The van der Waals surface area contributed by atoms with Crippen molar-refractivity contribution in [3.63, 3.8) is 0 Å². The second-order valence-corrected chi connectivity index (χ2v) is 7.16. The molecule has 2 N–H and O–H groups in total. The molecule has 0 bridgehead atoms. The van der Waals surface area contributed by atoms with E-state index in [1.165, 1.54) is 12.4 Å². The number of hydrogen-bond acceptors (Lipinski definition) is 5. The number of nitrogens with zero attached hydrogens (tertiary/aromatic N) is 2. The third kappa shape index (κ3) is 6.94. The zero-order chi connectivity index (χ0) is 22.8. The molecule has 32 heavy (non-hydrogen) atoms. The molecule has 0 saturated heterocycles. The molecular weight excluding hydrogens is 451 g/mol. The largest absolute Gasteiger partial charge is 0.484 e. The van der Waals surface area contributed by atoms with Crippen LogP contribution in [0.1, 0.15) is 21.5 Å². The Hall–Kier alpha value is -3.68. The van der Waals surface area contributed by atoms with Gasteiger partial charge in [0.25, 0.3) is 11.8 Å². The van der Waals surface area contributed by atoms with E-state index in [0.29, 0.717) is 32.5 Å². The lowest BCUT2D eigenvalue weighted by molar-refractivity contribution is -0.123. The molecule has 0 aliphatic rings. The summed E-state index contributed by atoms with van der Waals surface area (Å²) in [5.74, 6) is -0.415. The maximum absolute atomic E-state index is 12.2. The van der Waals surface area contributed by atoms with Gasteiger partial charge in [-0.3, -0.25) is 9.59 Å². The molecule has 2 amide bonds. The molecule has 162 valence electrons. The van der Waals surface area contributed by atoms with Gasteiger partial charge in [-0.05, 0) is 36.4 Å². The Morgan fingerprint density at radius 3 is 1.88 bits per heavy atom. The zero-order valence-electron chi connectivity index (χ0n) is 16.7. The van der Waals surface area contributed by atoms with Gasteiger partial charge in [0.1, 0.15) is 5.75 Å². The number of halogens is 2. The Bertz CT molecular complexity index is 1150. The molecule has 0 unspecified atom stereocenters. The molecular formula is C23H18Cl2N4O3. The van der Waals surface area contributed by atoms with Gasteiger partial charge in [0, 0.05) is 26.7 Å². The highest BCUT2D eigenvalue weighted by molar-refractivity contribution is 6.33. The fourth-order valence-electron chi connectivity index (χ4n) is 2.44. The predicted molar refractivity (Wildman–Crippen MR) is 126 cm³/mol. The van der Waals surface area contributed by atoms with E-state index in [2.05, 4.69) is 21.1 Å². The highest BCUT2D eigenvalue weighted by atomic mass is 35.5. The number of benzene rings is 3. The lowest BCUT2D eigenvalue weighted by atomic mass is 10.2. The molecule has 0 heterocycles. The summed E-state index contributed by atoms with van der Waals surface area (Å²) in [6.45, 7) is -0.243. The van der Waals surface area contributed by atoms with Crippen LogP contribution < -0.4 is 15.6 Å². The van der Waals surface area contributed by atoms with Crippen LogP contribution in [-0.4, -0.2) is 30.9 Å². The van der Waals surface area contributed by atoms with Gasteiger partial charge in [0.2, 0.25) is 0 Å². The SMILES string of the molecule is O=C(COc1ccc(C(=O)NN=Cc2ccccc2Cl)cc1)NN=Cc1ccccc1Cl. The number of ether oxygens (including phenoxy) is 1. The van der Waals surface area contributed by atoms with E-state index in [4.69, 9.17) is 27.9 Å². The van der Waals surface area contributed by atoms with E-state index in [-0.39, 0.29) is 6.61 Å². The lowest BCUT2D eigenvalue weighted by Gasteiger charge is -2.06. The quantitative estimate of drug-likeness (QED) is 0.381. The summed E-state index contributed by atoms with van der Waals surface area (Å²) < 4.78 is 5.39. The first-order valence-corrected chi connectivity index (χ1v) is 10.2. The van der Waals surface area contributed by atoms with E-state index in [1.807, 2.05) is 12.1 Å². The number of hydrazone groups is 2. The molecule has 0 aliphatic carbocycles. The summed E-state index contributed by atoms with van der Waals surface area (Å²) >= 11 is 12.0. The van der Waals surface area contributed by atoms with Crippen LogP contribution in [0.25, 0.3) is 0 Å². The first kappa shape index (κ1) is 23.0. The maximum Gasteiger partial charge on any atom is 0.277 e. The molecule has 3 aromatic rings. The summed E-state index contributed by atoms with van der Waals surface area (Å²) in [4.78, 5) is 24.0. The van der Waals surface area contributed by atoms with Crippen molar-refractivity contribution in [2.24, 2.45) is 10.2 Å². The van der Waals surface area contributed by atoms with E-state index >= 15 is 0 Å². The summed E-state index contributed by atoms with van der Waals surface area (Å²) in [6, 6.07) is 20.5. The van der Waals surface area contributed by atoms with Crippen molar-refractivity contribution in [1.29, 1.82) is 0 Å². The molecule has 9 heteroatoms. The van der Waals surface area contributed by atoms with Crippen molar-refractivity contribution in [2.75, 3.05) is 6.61 Å². The van der Waals surface area contributed by atoms with Gasteiger partial charge < -0.3 is 4.74 Å². The normalized spacial score (nSPS) is 10.9. The van der Waals surface area contributed by atoms with E-state index in [1.54, 1.807) is 60.7 Å². The fourth-order valence-corrected chi connectivity index (χ4v) is 2.81. The smallest absolute Gasteiger partial charge is 0.277 e. The molecule has 0 atom stereocenters. The van der Waals surface area contributed by atoms with Gasteiger partial charge in [-0.2, -0.15) is 10.2 Å². The monoisotopic (exact) mass is 468 g/mol. The first-order chi connectivity index (χ1) is 15.5. The zero-order valence-corrected chi connectivity index (χ0v) is 18.2. The minimum Gasteiger partial charge on any atom is -0.484 e. The molecule has 3 rings (SSSR count). The number of amides is 2. The summed E-state index contributed by atoms with van der Waals surface area (Å²) in [7, 11) is 0. The Morgan fingerprint density at radius 2 is 1.31 bits per heavy atom. The van der Waals surface area contributed by atoms with Crippen LogP contribution in [0.15, 0.2) is 83.0 Å². The second kappa shape index (κ2) is 11.6. The number of carbonyl (C=O) groups is 2. The van der Waals surface area contributed by atoms with Crippen LogP contribution in [0, 0.1) is 0 Å². The van der Waals surface area contributed by atoms with Crippen molar-refractivity contribution in [1.82, 2.24) is 10.9 Å². The average molecular weight is 469 g/mol. The number of rotatable bonds is 8. The average Bonchev–Trinajstić information content (AvgIpc) is 2.80. The fraction of sp³-hybridized carbons (Fsp3) is 0.0435. The third-order valence-corrected chi connectivity index (χ3v) is 4.75. The van der Waals surface area contributed by atoms with Crippen LogP contribution in [0.3, 0.4) is 0 Å². The van der Waals surface area contributed by atoms with Crippen molar-refractivity contribution in [3.05, 3.63) is 99.5 Å². The second-order valence-electron chi connectivity index (χ2n) is 6.35. The van der Waals surface area contributed by atoms with Crippen LogP contribution in [0.5, 0.6) is 5.75 Å². The standard InChI is InChI=1S/C23H18Cl2N4O3/c24-20-7-3-1-5-17(20)13-26-28-22(30)15-32-19-11-9-16(10-12-19)23(31)29-27-14-18-6-2-4-8-21(18)25/h1-14H,15H2,(H,28,30)(H,29,31). The number of hydrogen-bond donors (Lipinski definition) is 2. The number of nitrogens with one attached hydrogen (secondary N) is 2. The lowest BCUT2D eigenvalue weighted by Crippen LogP contribution is -2.24. The molecule has 3 aromatic carbocycles. The van der Waals surface area contributed by atoms with Gasteiger partial charge >= 0.3 is 0 Å². The van der Waals surface area contributed by atoms with Crippen LogP contribution >= 0.6 is 23.2 Å². The number of carbonyl (C=O) groups excluding carboxylic acids is 2. The van der Waals surface area contributed by atoms with Crippen LogP contribution in [-0.2, 0) is 4.79 Å². The minimum atomic E-state index is -0.441. The Balaban J connectivity index is 1.45. The van der Waals surface area contributed by atoms with E-state index in [9.17, 15) is 9.59 Å². The van der Waals surface area contributed by atoms with Crippen LogP contribution in [0.2, 0.25) is 10.0 Å². The van der Waals surface area contributed by atoms with Crippen molar-refractivity contribution < 1.29 is 14.3 Å². The third-order valence-electron chi connectivity index (χ3n) is 4.06. The highest BCUT2D eigenvalue weighted by Gasteiger charge is 2.06. The minimum absolute atomic E-state index is 0.243. The molecule has 0 aliphatic heterocycles. The molecule has 0 saturated carbocycles.